The summed E-state index contributed by atoms with van der Waals surface area (Å²) in [5, 5.41) is 15.3. The van der Waals surface area contributed by atoms with Gasteiger partial charge in [0.2, 0.25) is 0 Å². The van der Waals surface area contributed by atoms with E-state index in [0.29, 0.717) is 5.92 Å². The van der Waals surface area contributed by atoms with Crippen molar-refractivity contribution in [2.75, 3.05) is 19.8 Å². The van der Waals surface area contributed by atoms with Crippen LogP contribution in [0.15, 0.2) is 0 Å². The Kier molecular flexibility index (Phi) is 4.44. The van der Waals surface area contributed by atoms with Crippen LogP contribution >= 0.6 is 0 Å². The molecule has 0 aromatic carbocycles. The fourth-order valence-corrected chi connectivity index (χ4v) is 2.25. The van der Waals surface area contributed by atoms with Gasteiger partial charge in [-0.2, -0.15) is 0 Å². The normalized spacial score (nSPS) is 22.6. The maximum Gasteiger partial charge on any atom is 0.167 e. The predicted octanol–water partition coefficient (Wildman–Crippen LogP) is 0.770. The Morgan fingerprint density at radius 1 is 1.59 bits per heavy atom. The highest BCUT2D eigenvalue weighted by Gasteiger charge is 2.19. The van der Waals surface area contributed by atoms with Gasteiger partial charge in [-0.25, -0.2) is 4.68 Å². The SMILES string of the molecule is CCNC(C)c1nnnn1CC1CCCOC1. The fraction of sp³-hybridized carbons (Fsp3) is 0.909. The number of rotatable bonds is 5. The van der Waals surface area contributed by atoms with Crippen LogP contribution in [-0.4, -0.2) is 40.0 Å². The molecule has 1 aliphatic rings. The Balaban J connectivity index is 1.97. The third kappa shape index (κ3) is 3.23. The van der Waals surface area contributed by atoms with Crippen LogP contribution in [0.4, 0.5) is 0 Å². The highest BCUT2D eigenvalue weighted by molar-refractivity contribution is 4.89. The number of tetrazole rings is 1. The van der Waals surface area contributed by atoms with Crippen molar-refractivity contribution in [3.05, 3.63) is 5.82 Å². The number of hydrogen-bond donors (Lipinski definition) is 1. The van der Waals surface area contributed by atoms with E-state index in [4.69, 9.17) is 4.74 Å². The van der Waals surface area contributed by atoms with Crippen LogP contribution in [0.1, 0.15) is 38.6 Å². The Hall–Kier alpha value is -1.01. The summed E-state index contributed by atoms with van der Waals surface area (Å²) in [4.78, 5) is 0. The molecule has 0 aliphatic carbocycles. The molecule has 1 aromatic heterocycles. The molecule has 96 valence electrons. The van der Waals surface area contributed by atoms with E-state index < -0.39 is 0 Å². The van der Waals surface area contributed by atoms with Crippen molar-refractivity contribution < 1.29 is 4.74 Å². The summed E-state index contributed by atoms with van der Waals surface area (Å²) in [5.41, 5.74) is 0. The molecule has 1 fully saturated rings. The molecule has 2 atom stereocenters. The van der Waals surface area contributed by atoms with Crippen molar-refractivity contribution >= 4 is 0 Å². The molecule has 0 spiro atoms. The van der Waals surface area contributed by atoms with Crippen molar-refractivity contribution in [2.45, 2.75) is 39.3 Å². The predicted molar refractivity (Wildman–Crippen MR) is 63.5 cm³/mol. The van der Waals surface area contributed by atoms with E-state index in [-0.39, 0.29) is 6.04 Å². The fourth-order valence-electron chi connectivity index (χ4n) is 2.25. The average Bonchev–Trinajstić information content (AvgIpc) is 2.79. The van der Waals surface area contributed by atoms with Gasteiger partial charge in [0.25, 0.3) is 0 Å². The van der Waals surface area contributed by atoms with Crippen LogP contribution < -0.4 is 5.32 Å². The third-order valence-electron chi connectivity index (χ3n) is 3.14. The van der Waals surface area contributed by atoms with Gasteiger partial charge in [0.05, 0.1) is 12.6 Å². The van der Waals surface area contributed by atoms with Gasteiger partial charge in [0, 0.05) is 19.1 Å². The molecule has 1 N–H and O–H groups in total. The molecular formula is C11H21N5O. The lowest BCUT2D eigenvalue weighted by Gasteiger charge is -2.22. The summed E-state index contributed by atoms with van der Waals surface area (Å²) in [6, 6.07) is 0.194. The van der Waals surface area contributed by atoms with E-state index in [1.54, 1.807) is 0 Å². The number of hydrogen-bond acceptors (Lipinski definition) is 5. The zero-order valence-corrected chi connectivity index (χ0v) is 10.6. The minimum Gasteiger partial charge on any atom is -0.381 e. The molecule has 1 aromatic rings. The van der Waals surface area contributed by atoms with Crippen molar-refractivity contribution in [3.8, 4) is 0 Å². The molecule has 6 nitrogen and oxygen atoms in total. The van der Waals surface area contributed by atoms with E-state index in [1.807, 2.05) is 4.68 Å². The second-order valence-electron chi connectivity index (χ2n) is 4.58. The molecule has 2 unspecified atom stereocenters. The van der Waals surface area contributed by atoms with Gasteiger partial charge in [0.1, 0.15) is 0 Å². The smallest absolute Gasteiger partial charge is 0.167 e. The highest BCUT2D eigenvalue weighted by Crippen LogP contribution is 2.17. The van der Waals surface area contributed by atoms with Gasteiger partial charge < -0.3 is 10.1 Å². The van der Waals surface area contributed by atoms with E-state index in [0.717, 1.165) is 38.5 Å². The first-order valence-corrected chi connectivity index (χ1v) is 6.38. The zero-order chi connectivity index (χ0) is 12.1. The maximum atomic E-state index is 5.48. The summed E-state index contributed by atoms with van der Waals surface area (Å²) < 4.78 is 7.39. The number of nitrogens with zero attached hydrogens (tertiary/aromatic N) is 4. The molecule has 0 radical (unpaired) electrons. The summed E-state index contributed by atoms with van der Waals surface area (Å²) in [6.45, 7) is 7.67. The second kappa shape index (κ2) is 6.07. The molecule has 1 saturated heterocycles. The van der Waals surface area contributed by atoms with Crippen LogP contribution in [0.25, 0.3) is 0 Å². The van der Waals surface area contributed by atoms with E-state index in [1.165, 1.54) is 6.42 Å². The van der Waals surface area contributed by atoms with Gasteiger partial charge in [-0.05, 0) is 36.7 Å². The van der Waals surface area contributed by atoms with Gasteiger partial charge in [-0.3, -0.25) is 0 Å². The minimum absolute atomic E-state index is 0.194. The first-order chi connectivity index (χ1) is 8.31. The topological polar surface area (TPSA) is 64.9 Å². The third-order valence-corrected chi connectivity index (χ3v) is 3.14. The van der Waals surface area contributed by atoms with Crippen molar-refractivity contribution in [1.29, 1.82) is 0 Å². The largest absolute Gasteiger partial charge is 0.381 e. The van der Waals surface area contributed by atoms with E-state index >= 15 is 0 Å². The molecule has 0 saturated carbocycles. The Bertz CT molecular complexity index is 334. The van der Waals surface area contributed by atoms with Crippen molar-refractivity contribution in [1.82, 2.24) is 25.5 Å². The molecule has 6 heteroatoms. The van der Waals surface area contributed by atoms with Gasteiger partial charge in [-0.15, -0.1) is 5.10 Å². The first-order valence-electron chi connectivity index (χ1n) is 6.38. The standard InChI is InChI=1S/C11H21N5O/c1-3-12-9(2)11-13-14-15-16(11)7-10-5-4-6-17-8-10/h9-10,12H,3-8H2,1-2H3. The summed E-state index contributed by atoms with van der Waals surface area (Å²) in [5.74, 6) is 1.46. The number of ether oxygens (including phenoxy) is 1. The van der Waals surface area contributed by atoms with Crippen LogP contribution in [0.5, 0.6) is 0 Å². The monoisotopic (exact) mass is 239 g/mol. The molecule has 0 bridgehead atoms. The first kappa shape index (κ1) is 12.4. The van der Waals surface area contributed by atoms with E-state index in [9.17, 15) is 0 Å². The van der Waals surface area contributed by atoms with Crippen LogP contribution in [-0.2, 0) is 11.3 Å². The quantitative estimate of drug-likeness (QED) is 0.822. The zero-order valence-electron chi connectivity index (χ0n) is 10.6. The van der Waals surface area contributed by atoms with Gasteiger partial charge >= 0.3 is 0 Å². The highest BCUT2D eigenvalue weighted by atomic mass is 16.5. The van der Waals surface area contributed by atoms with Crippen LogP contribution in [0.2, 0.25) is 0 Å². The Morgan fingerprint density at radius 2 is 2.47 bits per heavy atom. The molecule has 17 heavy (non-hydrogen) atoms. The van der Waals surface area contributed by atoms with Gasteiger partial charge in [-0.1, -0.05) is 6.92 Å². The van der Waals surface area contributed by atoms with E-state index in [2.05, 4.69) is 34.7 Å². The lowest BCUT2D eigenvalue weighted by atomic mass is 10.0. The molecule has 2 heterocycles. The molecular weight excluding hydrogens is 218 g/mol. The summed E-state index contributed by atoms with van der Waals surface area (Å²) in [7, 11) is 0. The average molecular weight is 239 g/mol. The minimum atomic E-state index is 0.194. The van der Waals surface area contributed by atoms with Crippen LogP contribution in [0.3, 0.4) is 0 Å². The Labute approximate surface area is 102 Å². The number of aromatic nitrogens is 4. The van der Waals surface area contributed by atoms with Gasteiger partial charge in [0.15, 0.2) is 5.82 Å². The molecule has 0 amide bonds. The molecule has 2 rings (SSSR count). The maximum absolute atomic E-state index is 5.48. The second-order valence-corrected chi connectivity index (χ2v) is 4.58. The van der Waals surface area contributed by atoms with Crippen LogP contribution in [0, 0.1) is 5.92 Å². The molecule has 1 aliphatic heterocycles. The Morgan fingerprint density at radius 3 is 3.18 bits per heavy atom. The lowest BCUT2D eigenvalue weighted by Crippen LogP contribution is -2.27. The lowest BCUT2D eigenvalue weighted by molar-refractivity contribution is 0.0462. The summed E-state index contributed by atoms with van der Waals surface area (Å²) in [6.07, 6.45) is 2.35. The van der Waals surface area contributed by atoms with Crippen molar-refractivity contribution in [2.24, 2.45) is 5.92 Å². The summed E-state index contributed by atoms with van der Waals surface area (Å²) >= 11 is 0. The van der Waals surface area contributed by atoms with Crippen molar-refractivity contribution in [3.63, 3.8) is 0 Å². The number of nitrogens with one attached hydrogen (secondary N) is 1.